The molecule has 0 radical (unpaired) electrons. The number of para-hydroxylation sites is 2. The van der Waals surface area contributed by atoms with Crippen LogP contribution in [0.5, 0.6) is 11.5 Å². The number of aryl methyl sites for hydroxylation is 1. The van der Waals surface area contributed by atoms with E-state index in [1.54, 1.807) is 36.5 Å². The minimum atomic E-state index is -2.59. The number of aromatic nitrogens is 3. The molecular weight excluding hydrogens is 1160 g/mol. The van der Waals surface area contributed by atoms with Crippen molar-refractivity contribution in [1.82, 2.24) is 14.1 Å². The van der Waals surface area contributed by atoms with E-state index in [-0.39, 0.29) is 70.5 Å². The minimum absolute atomic E-state index is 0. The quantitative estimate of drug-likeness (QED) is 0.142. The van der Waals surface area contributed by atoms with Crippen molar-refractivity contribution >= 4 is 66.4 Å². The first kappa shape index (κ1) is 40.9. The molecule has 3 aromatic heterocycles. The molecule has 0 saturated carbocycles. The number of ether oxygens (including phenoxy) is 1. The summed E-state index contributed by atoms with van der Waals surface area (Å²) in [6, 6.07) is 51.0. The Morgan fingerprint density at radius 2 is 1.18 bits per heavy atom. The van der Waals surface area contributed by atoms with Gasteiger partial charge in [-0.25, -0.2) is 4.98 Å². The maximum Gasteiger partial charge on any atom is 0.135 e. The second kappa shape index (κ2) is 19.9. The summed E-state index contributed by atoms with van der Waals surface area (Å²) in [4.78, 5) is 9.39. The van der Waals surface area contributed by atoms with E-state index in [1.165, 1.54) is 15.7 Å². The smallest absolute Gasteiger partial charge is 0.135 e. The van der Waals surface area contributed by atoms with Crippen molar-refractivity contribution in [2.45, 2.75) is 85.4 Å². The van der Waals surface area contributed by atoms with E-state index in [2.05, 4.69) is 139 Å². The molecule has 9 aromatic carbocycles. The monoisotopic (exact) mass is 1230 g/mol. The number of hydrogen-bond donors (Lipinski definition) is 0. The Kier molecular flexibility index (Phi) is 10.2. The molecule has 1 aliphatic heterocycles. The Bertz CT molecular complexity index is 4850. The van der Waals surface area contributed by atoms with Gasteiger partial charge in [0.05, 0.1) is 22.0 Å². The number of pyridine rings is 1. The molecule has 0 N–H and O–H groups in total. The zero-order chi connectivity index (χ0) is 64.0. The predicted molar refractivity (Wildman–Crippen MR) is 330 cm³/mol. The molecule has 12 aromatic rings. The fourth-order valence-electron chi connectivity index (χ4n) is 10.7. The van der Waals surface area contributed by atoms with Crippen LogP contribution in [0.3, 0.4) is 0 Å². The molecule has 0 aliphatic carbocycles. The van der Waals surface area contributed by atoms with Gasteiger partial charge in [0.25, 0.3) is 0 Å². The van der Waals surface area contributed by atoms with Crippen LogP contribution in [0.4, 0.5) is 22.7 Å². The third-order valence-electron chi connectivity index (χ3n) is 15.1. The molecular formula is C73H64N5OPt-3. The van der Waals surface area contributed by atoms with E-state index >= 15 is 0 Å². The molecule has 13 rings (SSSR count). The van der Waals surface area contributed by atoms with Gasteiger partial charge in [-0.1, -0.05) is 171 Å². The molecule has 0 saturated heterocycles. The summed E-state index contributed by atoms with van der Waals surface area (Å²) in [5.41, 5.74) is 11.4. The van der Waals surface area contributed by atoms with E-state index in [4.69, 9.17) is 22.1 Å². The van der Waals surface area contributed by atoms with Crippen molar-refractivity contribution in [3.05, 3.63) is 241 Å². The summed E-state index contributed by atoms with van der Waals surface area (Å²) in [5.74, 6) is 0.949. The van der Waals surface area contributed by atoms with Crippen LogP contribution in [0.2, 0.25) is 0 Å². The van der Waals surface area contributed by atoms with Gasteiger partial charge in [-0.2, -0.15) is 12.1 Å². The van der Waals surface area contributed by atoms with Crippen molar-refractivity contribution < 1.29 is 40.9 Å². The van der Waals surface area contributed by atoms with Crippen LogP contribution in [0, 0.1) is 25.7 Å². The number of anilines is 4. The van der Waals surface area contributed by atoms with Crippen LogP contribution in [0.25, 0.3) is 77.4 Å². The number of fused-ring (bicyclic) bond motifs is 7. The Balaban J connectivity index is 0.00000800. The third kappa shape index (κ3) is 9.37. The van der Waals surface area contributed by atoms with Crippen LogP contribution < -0.4 is 14.5 Å². The Morgan fingerprint density at radius 1 is 0.500 bits per heavy atom. The summed E-state index contributed by atoms with van der Waals surface area (Å²) in [6.07, 6.45) is 1.59. The molecule has 0 fully saturated rings. The number of nitrogens with zero attached hydrogens (tertiary/aromatic N) is 5. The van der Waals surface area contributed by atoms with Crippen molar-refractivity contribution in [3.63, 3.8) is 0 Å². The van der Waals surface area contributed by atoms with Crippen LogP contribution >= 0.6 is 0 Å². The molecule has 80 heavy (non-hydrogen) atoms. The molecule has 0 atom stereocenters. The fourth-order valence-corrected chi connectivity index (χ4v) is 10.7. The van der Waals surface area contributed by atoms with E-state index in [0.29, 0.717) is 55.8 Å². The van der Waals surface area contributed by atoms with E-state index in [9.17, 15) is 2.74 Å². The number of rotatable bonds is 8. The largest absolute Gasteiger partial charge is 0.509 e. The number of benzene rings is 9. The topological polar surface area (TPSA) is 38.5 Å². The van der Waals surface area contributed by atoms with Gasteiger partial charge >= 0.3 is 0 Å². The average molecular weight is 1230 g/mol. The Morgan fingerprint density at radius 3 is 1.88 bits per heavy atom. The third-order valence-corrected chi connectivity index (χ3v) is 15.1. The van der Waals surface area contributed by atoms with Gasteiger partial charge in [-0.3, -0.25) is 0 Å². The van der Waals surface area contributed by atoms with Gasteiger partial charge in [0.2, 0.25) is 0 Å². The standard InChI is InChI=1S/C73H64N5O.Pt/c1-47-36-70(74-45-63(47)50-22-18-23-51(37-50)71(2,3)4)78-66-35-31-55(77-64-28-16-14-26-59(64)60-27-15-17-29-65(60)77)43-62(66)61-33-32-58(44-68(61)78)79-57-25-19-24-54(42-57)75-46-76(56-40-52(72(5,6)7)39-53(41-56)73(8,9)10)69-38-49(30-34-67(69)75)48-20-12-11-13-21-48;/h11-41,43,45-46H,1-10H3;/q-3;/i1D3,14D,15D,16D,17D,26D,27D,28D,29D;. The molecule has 0 bridgehead atoms. The molecule has 400 valence electrons. The van der Waals surface area contributed by atoms with Crippen molar-refractivity contribution in [1.29, 1.82) is 0 Å². The summed E-state index contributed by atoms with van der Waals surface area (Å²) in [7, 11) is 0. The first-order valence-corrected chi connectivity index (χ1v) is 26.6. The number of hydrogen-bond acceptors (Lipinski definition) is 4. The first-order valence-electron chi connectivity index (χ1n) is 32.1. The average Bonchev–Trinajstić information content (AvgIpc) is 1.55. The molecule has 0 unspecified atom stereocenters. The van der Waals surface area contributed by atoms with Gasteiger partial charge in [0.15, 0.2) is 0 Å². The zero-order valence-corrected chi connectivity index (χ0v) is 48.2. The van der Waals surface area contributed by atoms with Crippen LogP contribution in [-0.4, -0.2) is 14.1 Å². The molecule has 0 amide bonds. The Hall–Kier alpha value is -8.18. The van der Waals surface area contributed by atoms with Gasteiger partial charge in [0, 0.05) is 87.5 Å². The van der Waals surface area contributed by atoms with Crippen molar-refractivity contribution in [3.8, 4) is 45.3 Å². The second-order valence-electron chi connectivity index (χ2n) is 23.5. The van der Waals surface area contributed by atoms with Crippen LogP contribution in [-0.2, 0) is 37.3 Å². The molecule has 1 aliphatic rings. The molecule has 6 nitrogen and oxygen atoms in total. The normalized spacial score (nSPS) is 15.0. The summed E-state index contributed by atoms with van der Waals surface area (Å²) in [6.45, 7) is 19.2. The summed E-state index contributed by atoms with van der Waals surface area (Å²) in [5, 5.41) is 1.11. The first-order chi connectivity index (χ1) is 42.5. The molecule has 7 heteroatoms. The fraction of sp³-hybridized carbons (Fsp3) is 0.178. The van der Waals surface area contributed by atoms with Gasteiger partial charge in [0.1, 0.15) is 5.82 Å². The maximum atomic E-state index is 9.23. The zero-order valence-electron chi connectivity index (χ0n) is 57.0. The van der Waals surface area contributed by atoms with Crippen molar-refractivity contribution in [2.24, 2.45) is 0 Å². The van der Waals surface area contributed by atoms with Gasteiger partial charge < -0.3 is 23.7 Å². The molecule has 4 heterocycles. The van der Waals surface area contributed by atoms with E-state index in [0.717, 1.165) is 33.8 Å². The van der Waals surface area contributed by atoms with Gasteiger partial charge in [-0.15, -0.1) is 48.1 Å². The maximum absolute atomic E-state index is 9.23. The van der Waals surface area contributed by atoms with Gasteiger partial charge in [-0.05, 0) is 128 Å². The second-order valence-corrected chi connectivity index (χ2v) is 23.5. The Labute approximate surface area is 500 Å². The predicted octanol–water partition coefficient (Wildman–Crippen LogP) is 19.6. The SMILES string of the molecule is [2H]c1c([2H])c([2H])c2c(c1[2H])c1c([2H])c([2H])c([2H])c([2H])c1n2-c1ccc2c(c1)c1ccc(Oc3[c-]c(N4[CH-]N(c5cc(C(C)(C)C)cc(C(C)(C)C)c5)c5cc(-c6ccccc6)ccc54)ccc3)[c-]c1n2-c1cc(C([2H])([2H])[2H])c(-c2cccc(C(C)(C)C)c2)cn1.[Pt]. The van der Waals surface area contributed by atoms with Crippen molar-refractivity contribution in [2.75, 3.05) is 9.80 Å². The van der Waals surface area contributed by atoms with Crippen LogP contribution in [0.15, 0.2) is 200 Å². The summed E-state index contributed by atoms with van der Waals surface area (Å²) >= 11 is 0. The minimum Gasteiger partial charge on any atom is -0.509 e. The van der Waals surface area contributed by atoms with E-state index in [1.807, 2.05) is 71.3 Å². The van der Waals surface area contributed by atoms with Crippen LogP contribution in [0.1, 0.15) is 99.6 Å². The van der Waals surface area contributed by atoms with E-state index < -0.39 is 55.2 Å². The summed E-state index contributed by atoms with van der Waals surface area (Å²) < 4.78 is 108. The molecule has 0 spiro atoms.